The van der Waals surface area contributed by atoms with Gasteiger partial charge in [-0.1, -0.05) is 47.8 Å². The average Bonchev–Trinajstić information content (AvgIpc) is 3.45. The van der Waals surface area contributed by atoms with Gasteiger partial charge in [-0.3, -0.25) is 44.3 Å². The fraction of sp³-hybridized carbons (Fsp3) is 0.375. The van der Waals surface area contributed by atoms with E-state index in [-0.39, 0.29) is 141 Å². The molecule has 2 aromatic heterocycles. The normalized spacial score (nSPS) is 9.43. The number of nitrogens with one attached hydrogen (secondary N) is 5. The van der Waals surface area contributed by atoms with E-state index in [9.17, 15) is 14.4 Å². The van der Waals surface area contributed by atoms with E-state index in [1.54, 1.807) is 62.6 Å². The van der Waals surface area contributed by atoms with Crippen LogP contribution < -0.4 is 89.0 Å². The van der Waals surface area contributed by atoms with Crippen molar-refractivity contribution in [3.8, 4) is 0 Å². The molecule has 0 aliphatic heterocycles. The number of methoxy groups -OCH3 is 3. The summed E-state index contributed by atoms with van der Waals surface area (Å²) in [6, 6.07) is 16.0. The van der Waals surface area contributed by atoms with Gasteiger partial charge in [0.25, 0.3) is 23.8 Å². The Kier molecular flexibility index (Phi) is 76.8. The van der Waals surface area contributed by atoms with Crippen LogP contribution in [0.1, 0.15) is 18.1 Å². The van der Waals surface area contributed by atoms with E-state index in [2.05, 4.69) is 124 Å². The summed E-state index contributed by atoms with van der Waals surface area (Å²) in [6.45, 7) is 4.95. The monoisotopic (exact) mass is 1400 g/mol. The molecule has 2 aromatic carbocycles. The molecule has 4 aromatic rings. The zero-order valence-corrected chi connectivity index (χ0v) is 62.8. The molecule has 81 heavy (non-hydrogen) atoms. The molecule has 445 valence electrons. The van der Waals surface area contributed by atoms with Gasteiger partial charge in [-0.05, 0) is 74.0 Å². The Bertz CT molecular complexity index is 2470. The first-order valence-corrected chi connectivity index (χ1v) is 25.8. The number of ether oxygens (including phenoxy) is 3. The molecule has 0 fully saturated rings. The molecule has 0 aliphatic rings. The minimum Gasteiger partial charge on any atom is -0.662 e. The molecule has 0 bridgehead atoms. The fourth-order valence-electron chi connectivity index (χ4n) is 4.65. The number of carbonyl (C=O) groups excluding carboxylic acids is 4. The molecule has 0 unspecified atom stereocenters. The van der Waals surface area contributed by atoms with Gasteiger partial charge in [0.05, 0.1) is 32.4 Å². The van der Waals surface area contributed by atoms with Crippen molar-refractivity contribution in [1.29, 1.82) is 0 Å². The van der Waals surface area contributed by atoms with E-state index in [1.165, 1.54) is 66.0 Å². The van der Waals surface area contributed by atoms with Crippen LogP contribution in [-0.4, -0.2) is 243 Å². The smallest absolute Gasteiger partial charge is 0.662 e. The largest absolute Gasteiger partial charge is 1.00 e. The number of carbonyl (C=O) groups is 5. The maximum Gasteiger partial charge on any atom is 1.00 e. The number of thioether (sulfide) groups is 2. The molecule has 0 saturated carbocycles. The molecular formula is C48H79ClIK2N14O11S4+2. The molecule has 0 spiro atoms. The molecule has 33 heteroatoms. The molecule has 2 heterocycles. The number of guanidine groups is 1. The van der Waals surface area contributed by atoms with Crippen LogP contribution in [-0.2, 0) is 40.0 Å². The van der Waals surface area contributed by atoms with E-state index >= 15 is 0 Å². The molecule has 0 aliphatic carbocycles. The van der Waals surface area contributed by atoms with Crippen molar-refractivity contribution in [1.82, 2.24) is 41.0 Å². The Balaban J connectivity index is -0.000000106. The Hall–Kier alpha value is -3.31. The third kappa shape index (κ3) is 48.7. The number of rotatable bonds is 2. The molecule has 8 N–H and O–H groups in total. The maximum absolute atomic E-state index is 10.9. The first kappa shape index (κ1) is 96.8. The summed E-state index contributed by atoms with van der Waals surface area (Å²) < 4.78 is 12.9. The zero-order chi connectivity index (χ0) is 60.5. The maximum atomic E-state index is 10.9. The number of anilines is 2. The Morgan fingerprint density at radius 3 is 1.41 bits per heavy atom. The van der Waals surface area contributed by atoms with Gasteiger partial charge in [-0.2, -0.15) is 0 Å². The first-order chi connectivity index (χ1) is 36.5. The Labute approximate surface area is 602 Å². The van der Waals surface area contributed by atoms with Crippen LogP contribution in [0.5, 0.6) is 0 Å². The number of amides is 2. The van der Waals surface area contributed by atoms with Crippen molar-refractivity contribution < 1.29 is 105 Å². The van der Waals surface area contributed by atoms with Gasteiger partial charge < -0.3 is 61.8 Å². The molecule has 4 rings (SSSR count). The number of aryl methyl sites for hydroxylation is 2. The predicted octanol–water partition coefficient (Wildman–Crippen LogP) is 2.98. The van der Waals surface area contributed by atoms with Gasteiger partial charge in [0, 0.05) is 182 Å². The topological polar surface area (TPSA) is 333 Å². The van der Waals surface area contributed by atoms with Gasteiger partial charge in [0.1, 0.15) is 0 Å². The Morgan fingerprint density at radius 2 is 1.16 bits per heavy atom. The molecule has 0 atom stereocenters. The van der Waals surface area contributed by atoms with E-state index in [0.29, 0.717) is 15.4 Å². The number of pyridine rings is 2. The standard InChI is InChI=1S/C13H16N4.C10H10N2.2C6H12N2O2S.C4H9N2S.C3H8N2S.C2H3ClO2.C2H4O2.CH2O3.CH3.HI.2K/c1-9-11(17-13(14-2)15-3)7-6-10-5-4-8-16-12(9)10;1-7-9(11)5-4-8-3-2-6-12-10(7)8;2*1-7-5(11-4)8(2)6(9)10-3;1-5-4(6-2)7-3;1-4-3(6)5-2;1-5-2(3)4;1-2(3)4;2-1-4-3;;;;/h4-8H,1-3H3,(H2,14,15,17);2-6H,11H2,1H3;2*1-4H3;3H2,1-2H3,(H,5,6);1-2H3,(H2,4,5,6);1H3;1H3,(H,3,4);1,3H;1H3;1H;;/q;;;;+1;;;;;+1;;;+1/p-1. The molecular weight excluding hydrogens is 1320 g/mol. The SMILES string of the molecule is C=[S+]C(=NC)NC.CC(=O)O.CN=C(NC)Nc1ccc2cccnc2c1C.CN=C(SC)N(C)C(=O)OC.CN=C(SC)N(C)C(=O)OC.CNC(=S)NC.COC(=O)Cl.Cc1c(N)ccc2cccnc12.I.O=CO[O-].[CH3+].[K+].[K]. The van der Waals surface area contributed by atoms with Crippen molar-refractivity contribution in [2.75, 3.05) is 115 Å². The number of fused-ring (bicyclic) bond motifs is 2. The number of benzene rings is 2. The van der Waals surface area contributed by atoms with Gasteiger partial charge in [0.15, 0.2) is 27.3 Å². The molecule has 1 radical (unpaired) electrons. The number of carboxylic acid groups (broad SMARTS) is 1. The third-order valence-electron chi connectivity index (χ3n) is 8.24. The first-order valence-electron chi connectivity index (χ1n) is 21.6. The minimum absolute atomic E-state index is 0. The van der Waals surface area contributed by atoms with Gasteiger partial charge in [-0.15, -0.1) is 24.0 Å². The quantitative estimate of drug-likeness (QED) is 0.0121. The van der Waals surface area contributed by atoms with Gasteiger partial charge >= 0.3 is 74.2 Å². The summed E-state index contributed by atoms with van der Waals surface area (Å²) in [5.74, 6) is 3.46. The van der Waals surface area contributed by atoms with E-state index in [1.807, 2.05) is 76.1 Å². The predicted molar refractivity (Wildman–Crippen MR) is 351 cm³/mol. The van der Waals surface area contributed by atoms with Crippen molar-refractivity contribution in [3.05, 3.63) is 79.5 Å². The summed E-state index contributed by atoms with van der Waals surface area (Å²) in [5.41, 5.74) is 11.0. The van der Waals surface area contributed by atoms with Crippen LogP contribution >= 0.6 is 71.3 Å². The van der Waals surface area contributed by atoms with Crippen molar-refractivity contribution in [2.45, 2.75) is 20.8 Å². The van der Waals surface area contributed by atoms with Gasteiger partial charge in [-0.25, -0.2) is 19.4 Å². The van der Waals surface area contributed by atoms with Crippen molar-refractivity contribution in [3.63, 3.8) is 0 Å². The second-order valence-corrected chi connectivity index (χ2v) is 15.9. The number of aromatic nitrogens is 2. The number of thiocarbonyl (C=S) groups is 1. The van der Waals surface area contributed by atoms with Crippen LogP contribution in [0.15, 0.2) is 80.9 Å². The summed E-state index contributed by atoms with van der Waals surface area (Å²) in [5, 5.41) is 35.5. The van der Waals surface area contributed by atoms with Crippen LogP contribution in [0, 0.1) is 21.3 Å². The third-order valence-corrected chi connectivity index (χ3v) is 11.1. The molecule has 25 nitrogen and oxygen atoms in total. The van der Waals surface area contributed by atoms with E-state index < -0.39 is 23.6 Å². The van der Waals surface area contributed by atoms with Crippen molar-refractivity contribution in [2.24, 2.45) is 20.0 Å². The summed E-state index contributed by atoms with van der Waals surface area (Å²) in [6.07, 6.45) is 6.49. The minimum atomic E-state index is -0.833. The summed E-state index contributed by atoms with van der Waals surface area (Å²) in [4.78, 5) is 78.4. The summed E-state index contributed by atoms with van der Waals surface area (Å²) >= 11 is 13.4. The number of aliphatic imine (C=N–C) groups is 4. The number of nitrogens with two attached hydrogens (primary N) is 1. The zero-order valence-electron chi connectivity index (χ0n) is 50.2. The number of halogens is 2. The number of nitrogens with zero attached hydrogens (tertiary/aromatic N) is 8. The molecule has 2 amide bonds. The average molecular weight is 1400 g/mol. The molecule has 0 saturated heterocycles. The number of carboxylic acids is 1. The van der Waals surface area contributed by atoms with Crippen LogP contribution in [0.2, 0.25) is 0 Å². The Morgan fingerprint density at radius 1 is 0.778 bits per heavy atom. The second kappa shape index (κ2) is 64.3. The van der Waals surface area contributed by atoms with E-state index in [4.69, 9.17) is 25.7 Å². The number of aliphatic carboxylic acids is 1. The van der Waals surface area contributed by atoms with E-state index in [0.717, 1.165) is 62.4 Å². The van der Waals surface area contributed by atoms with Crippen LogP contribution in [0.4, 0.5) is 25.8 Å². The summed E-state index contributed by atoms with van der Waals surface area (Å²) in [7, 11) is 21.1. The number of hydrogen-bond acceptors (Lipinski definition) is 20. The number of nitrogen functional groups attached to an aromatic ring is 1. The fourth-order valence-corrected chi connectivity index (χ4v) is 5.99. The van der Waals surface area contributed by atoms with Gasteiger partial charge in [0.2, 0.25) is 0 Å². The van der Waals surface area contributed by atoms with Crippen molar-refractivity contribution >= 4 is 230 Å². The number of hydrogen-bond donors (Lipinski definition) is 7. The second-order valence-electron chi connectivity index (χ2n) is 13.0. The van der Waals surface area contributed by atoms with Crippen LogP contribution in [0.25, 0.3) is 21.8 Å². The number of amidine groups is 3. The van der Waals surface area contributed by atoms with Crippen LogP contribution in [0.3, 0.4) is 0 Å².